The van der Waals surface area contributed by atoms with Crippen molar-refractivity contribution < 1.29 is 9.46 Å². The van der Waals surface area contributed by atoms with Gasteiger partial charge in [-0.25, -0.2) is 0 Å². The van der Waals surface area contributed by atoms with Crippen LogP contribution in [-0.2, 0) is 11.0 Å². The van der Waals surface area contributed by atoms with E-state index >= 15 is 0 Å². The minimum Gasteiger partial charge on any atom is -0.595 e. The van der Waals surface area contributed by atoms with Gasteiger partial charge in [-0.2, -0.15) is 0 Å². The molecule has 0 amide bonds. The fraction of sp³-hybridized carbons (Fsp3) is 0.273. The predicted octanol–water partition coefficient (Wildman–Crippen LogP) is 2.20. The van der Waals surface area contributed by atoms with E-state index in [1.165, 1.54) is 0 Å². The molecule has 2 aromatic rings. The van der Waals surface area contributed by atoms with Gasteiger partial charge in [0, 0.05) is 23.5 Å². The Labute approximate surface area is 89.0 Å². The van der Waals surface area contributed by atoms with Gasteiger partial charge < -0.3 is 9.88 Å². The molecular formula is C11H12NO2P. The summed E-state index contributed by atoms with van der Waals surface area (Å²) < 4.78 is 10.8. The number of benzene rings is 1. The Morgan fingerprint density at radius 1 is 1.47 bits per heavy atom. The smallest absolute Gasteiger partial charge is 0.312 e. The van der Waals surface area contributed by atoms with Crippen LogP contribution in [0.4, 0.5) is 0 Å². The molecule has 0 fully saturated rings. The summed E-state index contributed by atoms with van der Waals surface area (Å²) in [5.41, 5.74) is 1.82. The summed E-state index contributed by atoms with van der Waals surface area (Å²) in [4.78, 5) is 13.9. The fourth-order valence-corrected chi connectivity index (χ4v) is 2.04. The number of rotatable bonds is 3. The summed E-state index contributed by atoms with van der Waals surface area (Å²) >= 11 is 0. The SMILES string of the molecule is C[C@H](Cc1c[nH]c2ccccc12)[P+](=O)[O-]. The van der Waals surface area contributed by atoms with Crippen molar-refractivity contribution >= 4 is 18.9 Å². The lowest BCUT2D eigenvalue weighted by atomic mass is 10.1. The fourth-order valence-electron chi connectivity index (χ4n) is 1.69. The minimum absolute atomic E-state index is 0.306. The predicted molar refractivity (Wildman–Crippen MR) is 59.1 cm³/mol. The molecule has 1 aromatic heterocycles. The van der Waals surface area contributed by atoms with E-state index in [9.17, 15) is 9.46 Å². The van der Waals surface area contributed by atoms with Crippen LogP contribution in [0.5, 0.6) is 0 Å². The maximum atomic E-state index is 10.8. The number of H-pyrrole nitrogens is 1. The van der Waals surface area contributed by atoms with Crippen LogP contribution in [-0.4, -0.2) is 10.6 Å². The van der Waals surface area contributed by atoms with Gasteiger partial charge in [-0.05, 0) is 18.6 Å². The largest absolute Gasteiger partial charge is 0.595 e. The van der Waals surface area contributed by atoms with Gasteiger partial charge in [0.25, 0.3) is 0 Å². The van der Waals surface area contributed by atoms with Crippen LogP contribution in [0.1, 0.15) is 12.5 Å². The van der Waals surface area contributed by atoms with Gasteiger partial charge in [0.2, 0.25) is 0 Å². The number of fused-ring (bicyclic) bond motifs is 1. The maximum absolute atomic E-state index is 10.8. The molecule has 3 nitrogen and oxygen atoms in total. The zero-order valence-corrected chi connectivity index (χ0v) is 9.33. The summed E-state index contributed by atoms with van der Waals surface area (Å²) in [6, 6.07) is 7.91. The Hall–Kier alpha value is -1.18. The lowest BCUT2D eigenvalue weighted by molar-refractivity contribution is -0.166. The first-order valence-electron chi connectivity index (χ1n) is 4.87. The zero-order chi connectivity index (χ0) is 10.8. The molecule has 0 aliphatic heterocycles. The van der Waals surface area contributed by atoms with E-state index in [1.54, 1.807) is 6.92 Å². The summed E-state index contributed by atoms with van der Waals surface area (Å²) in [6.07, 6.45) is 2.46. The second-order valence-corrected chi connectivity index (χ2v) is 5.15. The Morgan fingerprint density at radius 3 is 2.93 bits per heavy atom. The topological polar surface area (TPSA) is 55.9 Å². The normalized spacial score (nSPS) is 14.1. The van der Waals surface area contributed by atoms with E-state index < -0.39 is 8.03 Å². The second-order valence-electron chi connectivity index (χ2n) is 3.70. The van der Waals surface area contributed by atoms with Gasteiger partial charge >= 0.3 is 8.03 Å². The van der Waals surface area contributed by atoms with Crippen molar-refractivity contribution in [3.8, 4) is 0 Å². The molecular weight excluding hydrogens is 209 g/mol. The molecule has 0 radical (unpaired) electrons. The standard InChI is InChI=1S/C11H12NO2P/c1-8(15(13)14)6-9-7-12-11-5-3-2-4-10(9)11/h2-5,7-8,12H,6H2,1H3/t8-/m1/s1. The molecule has 0 spiro atoms. The molecule has 1 N–H and O–H groups in total. The average Bonchev–Trinajstić information content (AvgIpc) is 2.62. The highest BCUT2D eigenvalue weighted by Crippen LogP contribution is 2.25. The first kappa shape index (κ1) is 10.3. The van der Waals surface area contributed by atoms with Gasteiger partial charge in [0.1, 0.15) is 0 Å². The third-order valence-corrected chi connectivity index (χ3v) is 3.45. The molecule has 0 saturated heterocycles. The van der Waals surface area contributed by atoms with Gasteiger partial charge in [0.05, 0.1) is 0 Å². The Balaban J connectivity index is 2.32. The van der Waals surface area contributed by atoms with Crippen molar-refractivity contribution in [2.24, 2.45) is 0 Å². The van der Waals surface area contributed by atoms with Crippen molar-refractivity contribution in [2.45, 2.75) is 19.0 Å². The third-order valence-electron chi connectivity index (χ3n) is 2.55. The Morgan fingerprint density at radius 2 is 2.20 bits per heavy atom. The van der Waals surface area contributed by atoms with E-state index in [-0.39, 0.29) is 5.66 Å². The van der Waals surface area contributed by atoms with Crippen molar-refractivity contribution in [1.29, 1.82) is 0 Å². The number of para-hydroxylation sites is 1. The number of aromatic amines is 1. The highest BCUT2D eigenvalue weighted by atomic mass is 31.1. The van der Waals surface area contributed by atoms with E-state index in [4.69, 9.17) is 0 Å². The number of hydrogen-bond donors (Lipinski definition) is 1. The number of nitrogens with one attached hydrogen (secondary N) is 1. The van der Waals surface area contributed by atoms with Crippen LogP contribution in [0, 0.1) is 0 Å². The van der Waals surface area contributed by atoms with Gasteiger partial charge in [0.15, 0.2) is 5.66 Å². The second kappa shape index (κ2) is 4.13. The lowest BCUT2D eigenvalue weighted by Crippen LogP contribution is -2.06. The highest BCUT2D eigenvalue weighted by Gasteiger charge is 2.17. The van der Waals surface area contributed by atoms with Crippen LogP contribution < -0.4 is 4.89 Å². The van der Waals surface area contributed by atoms with Crippen LogP contribution >= 0.6 is 8.03 Å². The minimum atomic E-state index is -2.34. The quantitative estimate of drug-likeness (QED) is 0.808. The molecule has 1 unspecified atom stereocenters. The summed E-state index contributed by atoms with van der Waals surface area (Å²) in [5.74, 6) is 0. The molecule has 15 heavy (non-hydrogen) atoms. The van der Waals surface area contributed by atoms with E-state index in [0.717, 1.165) is 16.5 Å². The first-order chi connectivity index (χ1) is 7.18. The molecule has 0 aliphatic carbocycles. The summed E-state index contributed by atoms with van der Waals surface area (Å²) in [5, 5.41) is 1.11. The zero-order valence-electron chi connectivity index (χ0n) is 8.43. The maximum Gasteiger partial charge on any atom is 0.312 e. The molecule has 0 aliphatic rings. The molecule has 4 heteroatoms. The van der Waals surface area contributed by atoms with Crippen LogP contribution in [0.3, 0.4) is 0 Å². The van der Waals surface area contributed by atoms with E-state index in [1.807, 2.05) is 30.5 Å². The number of aromatic nitrogens is 1. The van der Waals surface area contributed by atoms with Crippen molar-refractivity contribution in [3.63, 3.8) is 0 Å². The third kappa shape index (κ3) is 2.09. The lowest BCUT2D eigenvalue weighted by Gasteiger charge is -2.01. The average molecular weight is 221 g/mol. The monoisotopic (exact) mass is 221 g/mol. The molecule has 0 saturated carbocycles. The molecule has 1 heterocycles. The Kier molecular flexibility index (Phi) is 2.85. The van der Waals surface area contributed by atoms with Gasteiger partial charge in [-0.3, -0.25) is 0 Å². The van der Waals surface area contributed by atoms with Crippen LogP contribution in [0.25, 0.3) is 10.9 Å². The molecule has 0 bridgehead atoms. The van der Waals surface area contributed by atoms with Crippen molar-refractivity contribution in [1.82, 2.24) is 4.98 Å². The van der Waals surface area contributed by atoms with Crippen molar-refractivity contribution in [2.75, 3.05) is 0 Å². The van der Waals surface area contributed by atoms with Crippen molar-refractivity contribution in [3.05, 3.63) is 36.0 Å². The summed E-state index contributed by atoms with van der Waals surface area (Å²) in [7, 11) is -2.34. The molecule has 2 rings (SSSR count). The van der Waals surface area contributed by atoms with E-state index in [2.05, 4.69) is 4.98 Å². The van der Waals surface area contributed by atoms with Crippen LogP contribution in [0.15, 0.2) is 30.5 Å². The van der Waals surface area contributed by atoms with E-state index in [0.29, 0.717) is 6.42 Å². The first-order valence-corrected chi connectivity index (χ1v) is 6.11. The highest BCUT2D eigenvalue weighted by molar-refractivity contribution is 7.37. The van der Waals surface area contributed by atoms with Gasteiger partial charge in [-0.1, -0.05) is 22.8 Å². The van der Waals surface area contributed by atoms with Gasteiger partial charge in [-0.15, -0.1) is 0 Å². The molecule has 78 valence electrons. The van der Waals surface area contributed by atoms with Crippen LogP contribution in [0.2, 0.25) is 0 Å². The summed E-state index contributed by atoms with van der Waals surface area (Å²) in [6.45, 7) is 1.73. The Bertz CT molecular complexity index is 492. The molecule has 2 atom stereocenters. The molecule has 1 aromatic carbocycles. The number of hydrogen-bond acceptors (Lipinski definition) is 2.